The van der Waals surface area contributed by atoms with Gasteiger partial charge in [0.05, 0.1) is 24.5 Å². The summed E-state index contributed by atoms with van der Waals surface area (Å²) in [5.74, 6) is 0.836. The summed E-state index contributed by atoms with van der Waals surface area (Å²) in [4.78, 5) is 19.0. The van der Waals surface area contributed by atoms with Crippen molar-refractivity contribution >= 4 is 29.4 Å². The van der Waals surface area contributed by atoms with Crippen LogP contribution in [-0.2, 0) is 24.8 Å². The van der Waals surface area contributed by atoms with Crippen molar-refractivity contribution in [1.29, 1.82) is 0 Å². The maximum atomic E-state index is 10.6. The number of aliphatic imine (C=N–C) groups is 1. The van der Waals surface area contributed by atoms with E-state index in [0.29, 0.717) is 31.0 Å². The Labute approximate surface area is 137 Å². The molecule has 1 amide bonds. The lowest BCUT2D eigenvalue weighted by Gasteiger charge is -2.13. The number of nitrogen functional groups attached to an aromatic ring is 1. The van der Waals surface area contributed by atoms with Gasteiger partial charge in [-0.15, -0.1) is 11.3 Å². The van der Waals surface area contributed by atoms with Crippen LogP contribution in [0.1, 0.15) is 29.2 Å². The van der Waals surface area contributed by atoms with Crippen LogP contribution in [0.15, 0.2) is 16.6 Å². The van der Waals surface area contributed by atoms with Gasteiger partial charge in [0.1, 0.15) is 16.7 Å². The maximum absolute atomic E-state index is 10.6. The summed E-state index contributed by atoms with van der Waals surface area (Å²) >= 11 is 1.41. The maximum Gasteiger partial charge on any atom is 0.207 e. The van der Waals surface area contributed by atoms with E-state index in [-0.39, 0.29) is 6.04 Å². The number of carbonyl (C=O) groups is 1. The van der Waals surface area contributed by atoms with Gasteiger partial charge in [-0.3, -0.25) is 25.2 Å². The predicted molar refractivity (Wildman–Crippen MR) is 87.1 cm³/mol. The fourth-order valence-electron chi connectivity index (χ4n) is 2.10. The van der Waals surface area contributed by atoms with Crippen LogP contribution < -0.4 is 16.5 Å². The molecule has 10 heteroatoms. The molecule has 23 heavy (non-hydrogen) atoms. The first-order valence-electron chi connectivity index (χ1n) is 6.89. The van der Waals surface area contributed by atoms with E-state index in [1.165, 1.54) is 11.3 Å². The smallest absolute Gasteiger partial charge is 0.207 e. The Balaban J connectivity index is 2.15. The molecule has 2 heterocycles. The normalized spacial score (nSPS) is 12.9. The number of hydroxylamine groups is 1. The quantitative estimate of drug-likeness (QED) is 0.250. The Morgan fingerprint density at radius 2 is 2.43 bits per heavy atom. The molecule has 9 nitrogen and oxygen atoms in total. The van der Waals surface area contributed by atoms with Gasteiger partial charge in [-0.2, -0.15) is 5.10 Å². The molecule has 124 valence electrons. The summed E-state index contributed by atoms with van der Waals surface area (Å²) in [6, 6.07) is -0.185. The highest BCUT2D eigenvalue weighted by Gasteiger charge is 2.16. The highest BCUT2D eigenvalue weighted by Crippen LogP contribution is 2.18. The third-order valence-electron chi connectivity index (χ3n) is 3.32. The largest absolute Gasteiger partial charge is 0.383 e. The van der Waals surface area contributed by atoms with Gasteiger partial charge >= 0.3 is 0 Å². The van der Waals surface area contributed by atoms with Crippen molar-refractivity contribution in [2.24, 2.45) is 12.0 Å². The zero-order valence-electron chi connectivity index (χ0n) is 12.9. The number of hydrogen-bond donors (Lipinski definition) is 4. The zero-order chi connectivity index (χ0) is 16.8. The second-order valence-corrected chi connectivity index (χ2v) is 5.84. The van der Waals surface area contributed by atoms with E-state index in [1.54, 1.807) is 23.3 Å². The second kappa shape index (κ2) is 7.70. The number of nitrogens with one attached hydrogen (secondary N) is 2. The molecule has 0 fully saturated rings. The molecule has 0 saturated heterocycles. The Morgan fingerprint density at radius 3 is 3.04 bits per heavy atom. The molecule has 0 aliphatic heterocycles. The minimum atomic E-state index is -0.185. The number of amides is 1. The first-order valence-corrected chi connectivity index (χ1v) is 7.76. The Morgan fingerprint density at radius 1 is 1.65 bits per heavy atom. The minimum Gasteiger partial charge on any atom is -0.383 e. The summed E-state index contributed by atoms with van der Waals surface area (Å²) in [7, 11) is 1.79. The van der Waals surface area contributed by atoms with Gasteiger partial charge in [0.15, 0.2) is 0 Å². The molecule has 2 rings (SSSR count). The van der Waals surface area contributed by atoms with E-state index >= 15 is 0 Å². The van der Waals surface area contributed by atoms with E-state index in [9.17, 15) is 10.0 Å². The van der Waals surface area contributed by atoms with Crippen LogP contribution in [0.2, 0.25) is 0 Å². The van der Waals surface area contributed by atoms with Crippen molar-refractivity contribution in [1.82, 2.24) is 25.6 Å². The van der Waals surface area contributed by atoms with E-state index < -0.39 is 0 Å². The summed E-state index contributed by atoms with van der Waals surface area (Å²) in [6.45, 7) is 2.18. The molecule has 0 aliphatic rings. The van der Waals surface area contributed by atoms with Crippen LogP contribution >= 0.6 is 11.3 Å². The summed E-state index contributed by atoms with van der Waals surface area (Å²) in [6.07, 6.45) is 2.68. The van der Waals surface area contributed by atoms with Crippen LogP contribution in [0.4, 0.5) is 5.82 Å². The fourth-order valence-corrected chi connectivity index (χ4v) is 2.71. The van der Waals surface area contributed by atoms with Crippen LogP contribution in [0, 0.1) is 0 Å². The predicted octanol–water partition coefficient (Wildman–Crippen LogP) is 0.386. The number of amidine groups is 1. The van der Waals surface area contributed by atoms with Crippen molar-refractivity contribution < 1.29 is 10.0 Å². The fraction of sp³-hybridized carbons (Fsp3) is 0.385. The van der Waals surface area contributed by atoms with Crippen LogP contribution in [0.25, 0.3) is 0 Å². The Bertz CT molecular complexity index is 694. The first-order chi connectivity index (χ1) is 11.0. The topological polar surface area (TPSA) is 130 Å². The molecular weight excluding hydrogens is 318 g/mol. The van der Waals surface area contributed by atoms with E-state index in [2.05, 4.69) is 25.9 Å². The highest BCUT2D eigenvalue weighted by atomic mass is 32.1. The van der Waals surface area contributed by atoms with E-state index in [0.717, 1.165) is 16.3 Å². The summed E-state index contributed by atoms with van der Waals surface area (Å²) in [5.41, 5.74) is 9.38. The number of hydrogen-bond acceptors (Lipinski definition) is 7. The molecule has 0 unspecified atom stereocenters. The molecule has 0 spiro atoms. The van der Waals surface area contributed by atoms with Crippen LogP contribution in [0.3, 0.4) is 0 Å². The van der Waals surface area contributed by atoms with Gasteiger partial charge in [-0.25, -0.2) is 4.98 Å². The van der Waals surface area contributed by atoms with Gasteiger partial charge < -0.3 is 11.1 Å². The SMILES string of the molecule is C[C@@H](NC=O)c1cnn(C)c1CC(=NCc1nc(N)cs1)NO. The molecule has 1 atom stereocenters. The molecule has 5 N–H and O–H groups in total. The molecule has 2 aromatic rings. The molecule has 0 aliphatic carbocycles. The number of nitrogens with two attached hydrogens (primary N) is 1. The first kappa shape index (κ1) is 16.9. The van der Waals surface area contributed by atoms with Gasteiger partial charge in [-0.1, -0.05) is 0 Å². The third-order valence-corrected chi connectivity index (χ3v) is 4.17. The molecule has 0 aromatic carbocycles. The van der Waals surface area contributed by atoms with Gasteiger partial charge in [0.2, 0.25) is 6.41 Å². The highest BCUT2D eigenvalue weighted by molar-refractivity contribution is 7.10. The molecule has 0 radical (unpaired) electrons. The second-order valence-electron chi connectivity index (χ2n) is 4.89. The molecule has 0 saturated carbocycles. The van der Waals surface area contributed by atoms with Crippen LogP contribution in [-0.4, -0.2) is 32.2 Å². The average Bonchev–Trinajstić information content (AvgIpc) is 3.10. The van der Waals surface area contributed by atoms with Crippen LogP contribution in [0.5, 0.6) is 0 Å². The van der Waals surface area contributed by atoms with Crippen molar-refractivity contribution in [2.45, 2.75) is 25.9 Å². The van der Waals surface area contributed by atoms with Gasteiger partial charge in [0, 0.05) is 24.4 Å². The summed E-state index contributed by atoms with van der Waals surface area (Å²) < 4.78 is 1.69. The average molecular weight is 337 g/mol. The van der Waals surface area contributed by atoms with Crippen molar-refractivity contribution in [3.63, 3.8) is 0 Å². The molecular formula is C13H19N7O2S. The Hall–Kier alpha value is -2.46. The van der Waals surface area contributed by atoms with Crippen molar-refractivity contribution in [3.8, 4) is 0 Å². The lowest BCUT2D eigenvalue weighted by atomic mass is 10.1. The number of carbonyl (C=O) groups excluding carboxylic acids is 1. The zero-order valence-corrected chi connectivity index (χ0v) is 13.7. The number of rotatable bonds is 7. The lowest BCUT2D eigenvalue weighted by molar-refractivity contribution is -0.110. The van der Waals surface area contributed by atoms with Gasteiger partial charge in [0.25, 0.3) is 0 Å². The minimum absolute atomic E-state index is 0.185. The number of nitrogens with zero attached hydrogens (tertiary/aromatic N) is 4. The third kappa shape index (κ3) is 4.27. The van der Waals surface area contributed by atoms with E-state index in [1.807, 2.05) is 6.92 Å². The van der Waals surface area contributed by atoms with E-state index in [4.69, 9.17) is 5.73 Å². The standard InChI is InChI=1S/C13H19N7O2S/c1-8(16-7-21)9-4-17-20(2)10(9)3-12(19-22)15-5-13-18-11(14)6-23-13/h4,6-8,22H,3,5,14H2,1-2H3,(H,15,19)(H,16,21)/t8-/m1/s1. The summed E-state index contributed by atoms with van der Waals surface area (Å²) in [5, 5.41) is 18.7. The van der Waals surface area contributed by atoms with Gasteiger partial charge in [-0.05, 0) is 6.92 Å². The molecule has 2 aromatic heterocycles. The monoisotopic (exact) mass is 337 g/mol. The molecule has 0 bridgehead atoms. The number of anilines is 1. The van der Waals surface area contributed by atoms with Crippen molar-refractivity contribution in [2.75, 3.05) is 5.73 Å². The number of aromatic nitrogens is 3. The Kier molecular flexibility index (Phi) is 5.66. The lowest BCUT2D eigenvalue weighted by Crippen LogP contribution is -2.25. The van der Waals surface area contributed by atoms with Crippen molar-refractivity contribution in [3.05, 3.63) is 27.8 Å². The number of aryl methyl sites for hydroxylation is 1. The number of thiazole rings is 1.